The number of nitrogens with zero attached hydrogens (tertiary/aromatic N) is 2. The fraction of sp³-hybridized carbons (Fsp3) is 0.385. The molecule has 1 aliphatic rings. The SMILES string of the molecule is CC1=NN(CCC(=O)[O-])[C@H](c2ccccc2)C1. The molecule has 1 atom stereocenters. The van der Waals surface area contributed by atoms with Gasteiger partial charge in [-0.2, -0.15) is 5.10 Å². The summed E-state index contributed by atoms with van der Waals surface area (Å²) in [6.07, 6.45) is 0.872. The van der Waals surface area contributed by atoms with Crippen LogP contribution in [0.15, 0.2) is 35.4 Å². The zero-order valence-electron chi connectivity index (χ0n) is 9.80. The average Bonchev–Trinajstić information content (AvgIpc) is 2.69. The monoisotopic (exact) mass is 231 g/mol. The summed E-state index contributed by atoms with van der Waals surface area (Å²) < 4.78 is 0. The summed E-state index contributed by atoms with van der Waals surface area (Å²) in [7, 11) is 0. The van der Waals surface area contributed by atoms with Gasteiger partial charge in [-0.05, 0) is 12.5 Å². The molecule has 1 aromatic carbocycles. The van der Waals surface area contributed by atoms with Gasteiger partial charge in [-0.3, -0.25) is 5.01 Å². The summed E-state index contributed by atoms with van der Waals surface area (Å²) in [5, 5.41) is 16.7. The van der Waals surface area contributed by atoms with E-state index in [1.165, 1.54) is 5.56 Å². The standard InChI is InChI=1S/C13H16N2O2/c1-10-9-12(11-5-3-2-4-6-11)15(14-10)8-7-13(16)17/h2-6,12H,7-9H2,1H3,(H,16,17)/p-1/t12-/m0/s1. The minimum Gasteiger partial charge on any atom is -0.550 e. The third-order valence-corrected chi connectivity index (χ3v) is 2.88. The lowest BCUT2D eigenvalue weighted by atomic mass is 10.0. The number of hydrogen-bond acceptors (Lipinski definition) is 4. The lowest BCUT2D eigenvalue weighted by Gasteiger charge is -2.24. The molecule has 2 rings (SSSR count). The molecule has 1 aromatic rings. The van der Waals surface area contributed by atoms with Crippen molar-refractivity contribution in [3.05, 3.63) is 35.9 Å². The molecular weight excluding hydrogens is 216 g/mol. The minimum absolute atomic E-state index is 0.0140. The van der Waals surface area contributed by atoms with E-state index >= 15 is 0 Å². The molecule has 0 amide bonds. The Hall–Kier alpha value is -1.84. The summed E-state index contributed by atoms with van der Waals surface area (Å²) in [5.41, 5.74) is 2.21. The molecule has 1 heterocycles. The van der Waals surface area contributed by atoms with Gasteiger partial charge in [0.15, 0.2) is 0 Å². The molecule has 4 nitrogen and oxygen atoms in total. The first kappa shape index (κ1) is 11.6. The van der Waals surface area contributed by atoms with Crippen LogP contribution in [0.3, 0.4) is 0 Å². The van der Waals surface area contributed by atoms with Crippen molar-refractivity contribution in [3.8, 4) is 0 Å². The molecule has 17 heavy (non-hydrogen) atoms. The Bertz CT molecular complexity index is 428. The molecule has 1 aliphatic heterocycles. The van der Waals surface area contributed by atoms with Gasteiger partial charge in [0.1, 0.15) is 0 Å². The lowest BCUT2D eigenvalue weighted by Crippen LogP contribution is -2.29. The Balaban J connectivity index is 2.09. The third-order valence-electron chi connectivity index (χ3n) is 2.88. The highest BCUT2D eigenvalue weighted by atomic mass is 16.4. The number of carbonyl (C=O) groups excluding carboxylic acids is 1. The summed E-state index contributed by atoms with van der Waals surface area (Å²) in [5.74, 6) is -1.03. The van der Waals surface area contributed by atoms with Crippen LogP contribution in [0.5, 0.6) is 0 Å². The van der Waals surface area contributed by atoms with Crippen molar-refractivity contribution in [2.45, 2.75) is 25.8 Å². The van der Waals surface area contributed by atoms with Gasteiger partial charge in [0.25, 0.3) is 0 Å². The van der Waals surface area contributed by atoms with E-state index in [0.29, 0.717) is 6.54 Å². The highest BCUT2D eigenvalue weighted by Crippen LogP contribution is 2.30. The van der Waals surface area contributed by atoms with Crippen LogP contribution in [0, 0.1) is 0 Å². The second kappa shape index (κ2) is 4.99. The molecule has 0 unspecified atom stereocenters. The van der Waals surface area contributed by atoms with Crippen molar-refractivity contribution < 1.29 is 9.90 Å². The molecule has 0 saturated carbocycles. The molecule has 0 radical (unpaired) electrons. The normalized spacial score (nSPS) is 19.2. The highest BCUT2D eigenvalue weighted by molar-refractivity contribution is 5.83. The number of rotatable bonds is 4. The highest BCUT2D eigenvalue weighted by Gasteiger charge is 2.25. The van der Waals surface area contributed by atoms with Crippen molar-refractivity contribution in [1.29, 1.82) is 0 Å². The van der Waals surface area contributed by atoms with Crippen molar-refractivity contribution in [1.82, 2.24) is 5.01 Å². The van der Waals surface area contributed by atoms with E-state index in [1.807, 2.05) is 42.3 Å². The number of hydrogen-bond donors (Lipinski definition) is 0. The lowest BCUT2D eigenvalue weighted by molar-refractivity contribution is -0.305. The molecule has 0 N–H and O–H groups in total. The van der Waals surface area contributed by atoms with Crippen LogP contribution in [-0.4, -0.2) is 23.2 Å². The number of carboxylic acid groups (broad SMARTS) is 1. The first-order valence-corrected chi connectivity index (χ1v) is 5.72. The van der Waals surface area contributed by atoms with Crippen LogP contribution < -0.4 is 5.11 Å². The van der Waals surface area contributed by atoms with Gasteiger partial charge < -0.3 is 9.90 Å². The molecule has 90 valence electrons. The van der Waals surface area contributed by atoms with Gasteiger partial charge in [-0.25, -0.2) is 0 Å². The van der Waals surface area contributed by atoms with Gasteiger partial charge in [0.05, 0.1) is 6.04 Å². The summed E-state index contributed by atoms with van der Waals surface area (Å²) in [6, 6.07) is 10.2. The smallest absolute Gasteiger partial charge is 0.0772 e. The van der Waals surface area contributed by atoms with Crippen molar-refractivity contribution in [2.24, 2.45) is 5.10 Å². The number of carbonyl (C=O) groups is 1. The van der Waals surface area contributed by atoms with Gasteiger partial charge >= 0.3 is 0 Å². The number of hydrazone groups is 1. The van der Waals surface area contributed by atoms with Gasteiger partial charge in [-0.1, -0.05) is 30.3 Å². The number of carboxylic acids is 1. The largest absolute Gasteiger partial charge is 0.550 e. The maximum absolute atomic E-state index is 10.5. The summed E-state index contributed by atoms with van der Waals surface area (Å²) in [6.45, 7) is 2.37. The van der Waals surface area contributed by atoms with Gasteiger partial charge in [-0.15, -0.1) is 0 Å². The van der Waals surface area contributed by atoms with Crippen molar-refractivity contribution in [3.63, 3.8) is 0 Å². The van der Waals surface area contributed by atoms with E-state index in [2.05, 4.69) is 5.10 Å². The molecule has 0 fully saturated rings. The fourth-order valence-electron chi connectivity index (χ4n) is 2.09. The maximum Gasteiger partial charge on any atom is 0.0772 e. The summed E-state index contributed by atoms with van der Waals surface area (Å²) in [4.78, 5) is 10.5. The van der Waals surface area contributed by atoms with E-state index in [-0.39, 0.29) is 12.5 Å². The molecule has 0 aliphatic carbocycles. The van der Waals surface area contributed by atoms with Gasteiger partial charge in [0.2, 0.25) is 0 Å². The second-order valence-corrected chi connectivity index (χ2v) is 4.25. The van der Waals surface area contributed by atoms with E-state index in [1.54, 1.807) is 0 Å². The molecule has 0 spiro atoms. The predicted molar refractivity (Wildman–Crippen MR) is 63.2 cm³/mol. The first-order valence-electron chi connectivity index (χ1n) is 5.72. The van der Waals surface area contributed by atoms with Crippen LogP contribution in [0.2, 0.25) is 0 Å². The first-order chi connectivity index (χ1) is 8.16. The van der Waals surface area contributed by atoms with Crippen molar-refractivity contribution in [2.75, 3.05) is 6.54 Å². The Morgan fingerprint density at radius 3 is 2.82 bits per heavy atom. The van der Waals surface area contributed by atoms with Crippen molar-refractivity contribution >= 4 is 11.7 Å². The quantitative estimate of drug-likeness (QED) is 0.775. The molecule has 0 bridgehead atoms. The zero-order valence-corrected chi connectivity index (χ0v) is 9.80. The van der Waals surface area contributed by atoms with E-state index in [0.717, 1.165) is 12.1 Å². The number of aliphatic carboxylic acids is 1. The predicted octanol–water partition coefficient (Wildman–Crippen LogP) is 0.949. The number of benzene rings is 1. The second-order valence-electron chi connectivity index (χ2n) is 4.25. The van der Waals surface area contributed by atoms with Crippen LogP contribution in [-0.2, 0) is 4.79 Å². The third kappa shape index (κ3) is 2.84. The summed E-state index contributed by atoms with van der Waals surface area (Å²) >= 11 is 0. The fourth-order valence-corrected chi connectivity index (χ4v) is 2.09. The topological polar surface area (TPSA) is 55.7 Å². The van der Waals surface area contributed by atoms with E-state index in [9.17, 15) is 9.90 Å². The zero-order chi connectivity index (χ0) is 12.3. The van der Waals surface area contributed by atoms with E-state index in [4.69, 9.17) is 0 Å². The van der Waals surface area contributed by atoms with Gasteiger partial charge in [0, 0.05) is 31.1 Å². The minimum atomic E-state index is -1.03. The molecule has 0 saturated heterocycles. The maximum atomic E-state index is 10.5. The van der Waals surface area contributed by atoms with E-state index < -0.39 is 5.97 Å². The molecule has 0 aromatic heterocycles. The van der Waals surface area contributed by atoms with Crippen LogP contribution in [0.1, 0.15) is 31.4 Å². The van der Waals surface area contributed by atoms with Crippen LogP contribution in [0.25, 0.3) is 0 Å². The Labute approximate surface area is 101 Å². The Morgan fingerprint density at radius 1 is 1.47 bits per heavy atom. The van der Waals surface area contributed by atoms with Crippen LogP contribution >= 0.6 is 0 Å². The Kier molecular flexibility index (Phi) is 3.42. The van der Waals surface area contributed by atoms with Crippen LogP contribution in [0.4, 0.5) is 0 Å². The molecular formula is C13H15N2O2-. The Morgan fingerprint density at radius 2 is 2.18 bits per heavy atom. The molecule has 4 heteroatoms. The average molecular weight is 231 g/mol.